The molecule has 0 spiro atoms. The standard InChI is InChI=1S/C14H20O2/c1-10-8-13(16-3)11(2)7-12(10)14(9-15)5-4-6-14/h7-8,15H,4-6,9H2,1-3H3. The van der Waals surface area contributed by atoms with Crippen molar-refractivity contribution in [3.05, 3.63) is 28.8 Å². The molecule has 1 saturated carbocycles. The van der Waals surface area contributed by atoms with Gasteiger partial charge in [-0.05, 0) is 49.4 Å². The molecule has 2 heteroatoms. The van der Waals surface area contributed by atoms with Gasteiger partial charge in [-0.3, -0.25) is 0 Å². The Morgan fingerprint density at radius 3 is 2.38 bits per heavy atom. The van der Waals surface area contributed by atoms with E-state index in [1.54, 1.807) is 7.11 Å². The first-order valence-electron chi connectivity index (χ1n) is 5.89. The Kier molecular flexibility index (Phi) is 2.94. The third-order valence-electron chi connectivity index (χ3n) is 3.93. The first kappa shape index (κ1) is 11.5. The number of aryl methyl sites for hydroxylation is 2. The highest BCUT2D eigenvalue weighted by Gasteiger charge is 2.39. The van der Waals surface area contributed by atoms with Crippen LogP contribution in [0.15, 0.2) is 12.1 Å². The normalized spacial score (nSPS) is 18.0. The van der Waals surface area contributed by atoms with Crippen molar-refractivity contribution in [2.45, 2.75) is 38.5 Å². The number of hydrogen-bond donors (Lipinski definition) is 1. The van der Waals surface area contributed by atoms with Gasteiger partial charge in [0.05, 0.1) is 13.7 Å². The van der Waals surface area contributed by atoms with E-state index in [9.17, 15) is 5.11 Å². The summed E-state index contributed by atoms with van der Waals surface area (Å²) < 4.78 is 5.32. The molecule has 0 unspecified atom stereocenters. The van der Waals surface area contributed by atoms with E-state index in [-0.39, 0.29) is 12.0 Å². The van der Waals surface area contributed by atoms with Crippen LogP contribution in [0.25, 0.3) is 0 Å². The second kappa shape index (κ2) is 4.10. The van der Waals surface area contributed by atoms with Gasteiger partial charge in [0.25, 0.3) is 0 Å². The summed E-state index contributed by atoms with van der Waals surface area (Å²) in [5, 5.41) is 9.60. The van der Waals surface area contributed by atoms with E-state index in [2.05, 4.69) is 26.0 Å². The van der Waals surface area contributed by atoms with Gasteiger partial charge in [-0.1, -0.05) is 12.5 Å². The third-order valence-corrected chi connectivity index (χ3v) is 3.93. The molecule has 1 aromatic carbocycles. The van der Waals surface area contributed by atoms with Gasteiger partial charge in [0.15, 0.2) is 0 Å². The maximum absolute atomic E-state index is 9.60. The second-order valence-corrected chi connectivity index (χ2v) is 4.93. The van der Waals surface area contributed by atoms with E-state index in [0.717, 1.165) is 24.2 Å². The highest BCUT2D eigenvalue weighted by molar-refractivity contribution is 5.45. The SMILES string of the molecule is COc1cc(C)c(C2(CO)CCC2)cc1C. The van der Waals surface area contributed by atoms with Crippen molar-refractivity contribution < 1.29 is 9.84 Å². The van der Waals surface area contributed by atoms with Crippen LogP contribution >= 0.6 is 0 Å². The fourth-order valence-corrected chi connectivity index (χ4v) is 2.70. The van der Waals surface area contributed by atoms with Gasteiger partial charge >= 0.3 is 0 Å². The van der Waals surface area contributed by atoms with Crippen molar-refractivity contribution in [1.82, 2.24) is 0 Å². The smallest absolute Gasteiger partial charge is 0.122 e. The summed E-state index contributed by atoms with van der Waals surface area (Å²) in [6.45, 7) is 4.43. The summed E-state index contributed by atoms with van der Waals surface area (Å²) >= 11 is 0. The van der Waals surface area contributed by atoms with Crippen LogP contribution < -0.4 is 4.74 Å². The summed E-state index contributed by atoms with van der Waals surface area (Å²) in [6.07, 6.45) is 3.44. The molecule has 1 fully saturated rings. The van der Waals surface area contributed by atoms with Crippen LogP contribution in [0, 0.1) is 13.8 Å². The average Bonchev–Trinajstić information content (AvgIpc) is 2.22. The minimum Gasteiger partial charge on any atom is -0.496 e. The fraction of sp³-hybridized carbons (Fsp3) is 0.571. The van der Waals surface area contributed by atoms with Crippen molar-refractivity contribution >= 4 is 0 Å². The van der Waals surface area contributed by atoms with Gasteiger partial charge in [-0.2, -0.15) is 0 Å². The molecule has 0 amide bonds. The number of methoxy groups -OCH3 is 1. The molecule has 1 aliphatic carbocycles. The lowest BCUT2D eigenvalue weighted by Crippen LogP contribution is -2.38. The highest BCUT2D eigenvalue weighted by atomic mass is 16.5. The van der Waals surface area contributed by atoms with Crippen LogP contribution in [0.2, 0.25) is 0 Å². The molecule has 1 aliphatic rings. The van der Waals surface area contributed by atoms with E-state index >= 15 is 0 Å². The lowest BCUT2D eigenvalue weighted by atomic mass is 9.64. The molecule has 1 N–H and O–H groups in total. The molecular formula is C14H20O2. The van der Waals surface area contributed by atoms with E-state index < -0.39 is 0 Å². The molecule has 0 aromatic heterocycles. The predicted octanol–water partition coefficient (Wildman–Crippen LogP) is 2.73. The van der Waals surface area contributed by atoms with Gasteiger partial charge in [-0.15, -0.1) is 0 Å². The first-order valence-corrected chi connectivity index (χ1v) is 5.89. The molecule has 0 bridgehead atoms. The Morgan fingerprint density at radius 1 is 1.25 bits per heavy atom. The molecule has 0 radical (unpaired) electrons. The zero-order valence-corrected chi connectivity index (χ0v) is 10.3. The first-order chi connectivity index (χ1) is 7.63. The van der Waals surface area contributed by atoms with E-state index in [1.165, 1.54) is 17.5 Å². The van der Waals surface area contributed by atoms with Crippen molar-refractivity contribution in [1.29, 1.82) is 0 Å². The van der Waals surface area contributed by atoms with Crippen molar-refractivity contribution in [3.63, 3.8) is 0 Å². The van der Waals surface area contributed by atoms with Crippen molar-refractivity contribution in [2.24, 2.45) is 0 Å². The van der Waals surface area contributed by atoms with Crippen molar-refractivity contribution in [2.75, 3.05) is 13.7 Å². The topological polar surface area (TPSA) is 29.5 Å². The molecule has 16 heavy (non-hydrogen) atoms. The molecule has 0 saturated heterocycles. The summed E-state index contributed by atoms with van der Waals surface area (Å²) in [7, 11) is 1.70. The molecular weight excluding hydrogens is 200 g/mol. The summed E-state index contributed by atoms with van der Waals surface area (Å²) in [5.74, 6) is 0.939. The van der Waals surface area contributed by atoms with Gasteiger partial charge in [0.2, 0.25) is 0 Å². The average molecular weight is 220 g/mol. The third kappa shape index (κ3) is 1.61. The zero-order valence-electron chi connectivity index (χ0n) is 10.3. The Morgan fingerprint density at radius 2 is 1.94 bits per heavy atom. The summed E-state index contributed by atoms with van der Waals surface area (Å²) in [6, 6.07) is 4.27. The van der Waals surface area contributed by atoms with E-state index in [1.807, 2.05) is 0 Å². The Balaban J connectivity index is 2.45. The quantitative estimate of drug-likeness (QED) is 0.848. The van der Waals surface area contributed by atoms with Gasteiger partial charge in [0, 0.05) is 5.41 Å². The minimum atomic E-state index is 0.0289. The zero-order chi connectivity index (χ0) is 11.8. The van der Waals surface area contributed by atoms with Crippen LogP contribution in [0.1, 0.15) is 36.0 Å². The highest BCUT2D eigenvalue weighted by Crippen LogP contribution is 2.45. The van der Waals surface area contributed by atoms with Crippen LogP contribution in [0.4, 0.5) is 0 Å². The second-order valence-electron chi connectivity index (χ2n) is 4.93. The maximum atomic E-state index is 9.60. The Bertz CT molecular complexity index is 386. The van der Waals surface area contributed by atoms with Crippen LogP contribution in [-0.2, 0) is 5.41 Å². The molecule has 0 atom stereocenters. The Hall–Kier alpha value is -1.02. The number of rotatable bonds is 3. The molecule has 1 aromatic rings. The summed E-state index contributed by atoms with van der Waals surface area (Å²) in [4.78, 5) is 0. The molecule has 0 heterocycles. The summed E-state index contributed by atoms with van der Waals surface area (Å²) in [5.41, 5.74) is 3.72. The van der Waals surface area contributed by atoms with Crippen LogP contribution in [-0.4, -0.2) is 18.8 Å². The fourth-order valence-electron chi connectivity index (χ4n) is 2.70. The van der Waals surface area contributed by atoms with Crippen LogP contribution in [0.5, 0.6) is 5.75 Å². The Labute approximate surface area is 97.3 Å². The molecule has 0 aliphatic heterocycles. The monoisotopic (exact) mass is 220 g/mol. The largest absolute Gasteiger partial charge is 0.496 e. The molecule has 2 nitrogen and oxygen atoms in total. The van der Waals surface area contributed by atoms with Crippen LogP contribution in [0.3, 0.4) is 0 Å². The van der Waals surface area contributed by atoms with Gasteiger partial charge in [-0.25, -0.2) is 0 Å². The minimum absolute atomic E-state index is 0.0289. The number of benzene rings is 1. The number of ether oxygens (including phenoxy) is 1. The number of aliphatic hydroxyl groups is 1. The van der Waals surface area contributed by atoms with Gasteiger partial charge < -0.3 is 9.84 Å². The maximum Gasteiger partial charge on any atom is 0.122 e. The van der Waals surface area contributed by atoms with E-state index in [4.69, 9.17) is 4.74 Å². The number of aliphatic hydroxyl groups excluding tert-OH is 1. The molecule has 88 valence electrons. The number of hydrogen-bond acceptors (Lipinski definition) is 2. The van der Waals surface area contributed by atoms with Gasteiger partial charge in [0.1, 0.15) is 5.75 Å². The predicted molar refractivity (Wildman–Crippen MR) is 65.1 cm³/mol. The van der Waals surface area contributed by atoms with Crippen molar-refractivity contribution in [3.8, 4) is 5.75 Å². The lowest BCUT2D eigenvalue weighted by molar-refractivity contribution is 0.119. The lowest BCUT2D eigenvalue weighted by Gasteiger charge is -2.42. The van der Waals surface area contributed by atoms with E-state index in [0.29, 0.717) is 0 Å². The molecule has 2 rings (SSSR count).